The maximum absolute atomic E-state index is 14.0. The van der Waals surface area contributed by atoms with Crippen molar-refractivity contribution in [3.05, 3.63) is 71.5 Å². The maximum Gasteiger partial charge on any atom is 0.419 e. The lowest BCUT2D eigenvalue weighted by Gasteiger charge is -2.44. The minimum absolute atomic E-state index is 0.0752. The zero-order chi connectivity index (χ0) is 41.2. The number of hydrogen-bond acceptors (Lipinski definition) is 12. The highest BCUT2D eigenvalue weighted by Gasteiger charge is 2.60. The average Bonchev–Trinajstić information content (AvgIpc) is 3.42. The van der Waals surface area contributed by atoms with Gasteiger partial charge in [0, 0.05) is 56.2 Å². The second kappa shape index (κ2) is 16.8. The van der Waals surface area contributed by atoms with Crippen LogP contribution in [0.4, 0.5) is 35.9 Å². The number of rotatable bonds is 12. The normalized spacial score (nSPS) is 21.1. The molecular weight excluding hydrogens is 776 g/mol. The quantitative estimate of drug-likeness (QED) is 0.152. The molecule has 3 aromatic rings. The van der Waals surface area contributed by atoms with Gasteiger partial charge in [-0.2, -0.15) is 18.4 Å². The number of thiol groups is 1. The molecule has 58 heavy (non-hydrogen) atoms. The number of pyridine rings is 1. The second-order valence-corrected chi connectivity index (χ2v) is 15.3. The van der Waals surface area contributed by atoms with Crippen LogP contribution in [0, 0.1) is 11.3 Å². The van der Waals surface area contributed by atoms with Gasteiger partial charge in [0.05, 0.1) is 24.0 Å². The molecule has 0 bridgehead atoms. The zero-order valence-electron chi connectivity index (χ0n) is 31.8. The van der Waals surface area contributed by atoms with Crippen molar-refractivity contribution >= 4 is 59.0 Å². The van der Waals surface area contributed by atoms with Gasteiger partial charge in [0.1, 0.15) is 30.0 Å². The summed E-state index contributed by atoms with van der Waals surface area (Å²) in [6, 6.07) is 14.5. The molecule has 1 aliphatic carbocycles. The fraction of sp³-hybridized carbons (Fsp3) is 0.450. The molecule has 3 aliphatic heterocycles. The zero-order valence-corrected chi connectivity index (χ0v) is 32.7. The van der Waals surface area contributed by atoms with Crippen molar-refractivity contribution in [1.82, 2.24) is 20.1 Å². The lowest BCUT2D eigenvalue weighted by Crippen LogP contribution is -2.55. The summed E-state index contributed by atoms with van der Waals surface area (Å²) in [5, 5.41) is 17.6. The van der Waals surface area contributed by atoms with Gasteiger partial charge < -0.3 is 20.3 Å². The molecule has 2 unspecified atom stereocenters. The van der Waals surface area contributed by atoms with Gasteiger partial charge in [0.25, 0.3) is 5.91 Å². The van der Waals surface area contributed by atoms with Crippen LogP contribution in [0.5, 0.6) is 5.75 Å². The number of ether oxygens (including phenoxy) is 1. The van der Waals surface area contributed by atoms with Crippen LogP contribution >= 0.6 is 12.6 Å². The molecule has 2 atom stereocenters. The number of nitrogens with one attached hydrogen (secondary N) is 3. The highest BCUT2D eigenvalue weighted by atomic mass is 32.1. The average molecular weight is 820 g/mol. The number of carbonyl (C=O) groups excluding carboxylic acids is 4. The SMILES string of the molecule is CCc1cc(N2C(S)N(c3cnc(C#N)c(C(F)(F)F)c3)C(=O)C23CCC3)ccc1OCCN1CCN(CC(=O)Nc2cccc(NC3CCC(=O)NC3=O)c2)CC1. The van der Waals surface area contributed by atoms with Crippen LogP contribution in [0.25, 0.3) is 0 Å². The number of nitrogens with zero attached hydrogens (tertiary/aromatic N) is 6. The Kier molecular flexibility index (Phi) is 11.8. The summed E-state index contributed by atoms with van der Waals surface area (Å²) in [6.45, 7) is 6.25. The van der Waals surface area contributed by atoms with E-state index < -0.39 is 34.5 Å². The number of anilines is 4. The fourth-order valence-electron chi connectivity index (χ4n) is 7.97. The van der Waals surface area contributed by atoms with Crippen LogP contribution in [0.3, 0.4) is 0 Å². The van der Waals surface area contributed by atoms with Gasteiger partial charge in [0.15, 0.2) is 11.2 Å². The highest BCUT2D eigenvalue weighted by molar-refractivity contribution is 7.81. The third-order valence-electron chi connectivity index (χ3n) is 11.2. The first-order chi connectivity index (χ1) is 27.8. The maximum atomic E-state index is 14.0. The van der Waals surface area contributed by atoms with E-state index in [1.807, 2.05) is 30.0 Å². The minimum Gasteiger partial charge on any atom is -0.492 e. The van der Waals surface area contributed by atoms with Gasteiger partial charge in [0.2, 0.25) is 17.7 Å². The molecule has 18 heteroatoms. The van der Waals surface area contributed by atoms with Gasteiger partial charge in [-0.1, -0.05) is 13.0 Å². The Morgan fingerprint density at radius 1 is 1.05 bits per heavy atom. The van der Waals surface area contributed by atoms with Crippen LogP contribution in [0.1, 0.15) is 55.8 Å². The number of piperazine rings is 1. The Morgan fingerprint density at radius 2 is 1.79 bits per heavy atom. The van der Waals surface area contributed by atoms with E-state index in [4.69, 9.17) is 17.4 Å². The first-order valence-electron chi connectivity index (χ1n) is 19.3. The predicted molar refractivity (Wildman–Crippen MR) is 212 cm³/mol. The smallest absolute Gasteiger partial charge is 0.419 e. The van der Waals surface area contributed by atoms with E-state index in [0.717, 1.165) is 37.3 Å². The van der Waals surface area contributed by atoms with Crippen LogP contribution in [-0.2, 0) is 31.8 Å². The predicted octanol–water partition coefficient (Wildman–Crippen LogP) is 4.38. The summed E-state index contributed by atoms with van der Waals surface area (Å²) in [4.78, 5) is 61.6. The molecule has 4 heterocycles. The molecule has 3 N–H and O–H groups in total. The van der Waals surface area contributed by atoms with Gasteiger partial charge in [-0.3, -0.25) is 39.2 Å². The van der Waals surface area contributed by atoms with Crippen LogP contribution < -0.4 is 30.5 Å². The Morgan fingerprint density at radius 3 is 2.47 bits per heavy atom. The molecule has 1 saturated carbocycles. The molecular formula is C40H44F3N9O5S. The second-order valence-electron chi connectivity index (χ2n) is 14.9. The molecule has 14 nitrogen and oxygen atoms in total. The number of benzene rings is 2. The molecule has 4 amide bonds. The summed E-state index contributed by atoms with van der Waals surface area (Å²) in [6.07, 6.45) is -0.590. The number of halogens is 3. The third kappa shape index (κ3) is 8.43. The van der Waals surface area contributed by atoms with E-state index in [1.54, 1.807) is 24.3 Å². The molecule has 4 aliphatic rings. The number of carbonyl (C=O) groups is 4. The molecule has 0 radical (unpaired) electrons. The number of nitriles is 1. The Labute approximate surface area is 339 Å². The van der Waals surface area contributed by atoms with Gasteiger partial charge >= 0.3 is 6.18 Å². The topological polar surface area (TPSA) is 163 Å². The summed E-state index contributed by atoms with van der Waals surface area (Å²) in [5.41, 5.74) is -1.03. The number of amides is 4. The molecule has 4 fully saturated rings. The molecule has 1 aromatic heterocycles. The van der Waals surface area contributed by atoms with Crippen molar-refractivity contribution in [1.29, 1.82) is 5.26 Å². The Hall–Kier alpha value is -5.38. The third-order valence-corrected chi connectivity index (χ3v) is 11.7. The van der Waals surface area contributed by atoms with Gasteiger partial charge in [-0.25, -0.2) is 4.98 Å². The van der Waals surface area contributed by atoms with Crippen molar-refractivity contribution in [3.63, 3.8) is 0 Å². The number of aryl methyl sites for hydroxylation is 1. The summed E-state index contributed by atoms with van der Waals surface area (Å²) < 4.78 is 47.7. The first kappa shape index (κ1) is 40.8. The van der Waals surface area contributed by atoms with Crippen molar-refractivity contribution in [2.24, 2.45) is 0 Å². The summed E-state index contributed by atoms with van der Waals surface area (Å²) in [7, 11) is 0. The summed E-state index contributed by atoms with van der Waals surface area (Å²) in [5.74, 6) is -0.453. The number of hydrogen-bond donors (Lipinski definition) is 4. The lowest BCUT2D eigenvalue weighted by molar-refractivity contribution is -0.138. The van der Waals surface area contributed by atoms with E-state index in [2.05, 4.69) is 30.7 Å². The van der Waals surface area contributed by atoms with E-state index in [1.165, 1.54) is 11.0 Å². The van der Waals surface area contributed by atoms with Crippen LogP contribution in [0.2, 0.25) is 0 Å². The Balaban J connectivity index is 0.908. The molecule has 2 aromatic carbocycles. The van der Waals surface area contributed by atoms with Crippen LogP contribution in [0.15, 0.2) is 54.7 Å². The standard InChI is InChI=1S/C40H44F3N9O5S/c1-2-25-19-28(52-38(58)51(37(56)39(52)11-4-12-39)29-21-30(40(41,42)43)32(22-44)45-23-29)7-9-33(25)57-18-17-49-13-15-50(16-14-49)24-35(54)47-27-6-3-5-26(20-27)46-31-8-10-34(53)48-36(31)55/h3,5-7,9,19-21,23,31,38,46,58H,2,4,8,10-18,24H2,1H3,(H,47,54)(H,48,53,55). The van der Waals surface area contributed by atoms with Crippen molar-refractivity contribution < 1.29 is 37.1 Å². The van der Waals surface area contributed by atoms with Crippen molar-refractivity contribution in [3.8, 4) is 11.8 Å². The van der Waals surface area contributed by atoms with E-state index in [-0.39, 0.29) is 42.3 Å². The minimum atomic E-state index is -4.83. The molecule has 306 valence electrons. The monoisotopic (exact) mass is 819 g/mol. The number of piperidine rings is 1. The molecule has 7 rings (SSSR count). The number of alkyl halides is 3. The van der Waals surface area contributed by atoms with E-state index >= 15 is 0 Å². The van der Waals surface area contributed by atoms with Crippen LogP contribution in [-0.4, -0.2) is 101 Å². The Bertz CT molecular complexity index is 2120. The fourth-order valence-corrected chi connectivity index (χ4v) is 8.56. The number of aromatic nitrogens is 1. The van der Waals surface area contributed by atoms with Gasteiger partial charge in [-0.05, 0) is 80.1 Å². The van der Waals surface area contributed by atoms with Crippen molar-refractivity contribution in [2.45, 2.75) is 68.7 Å². The summed E-state index contributed by atoms with van der Waals surface area (Å²) >= 11 is 4.77. The molecule has 1 spiro atoms. The van der Waals surface area contributed by atoms with E-state index in [0.29, 0.717) is 74.7 Å². The first-order valence-corrected chi connectivity index (χ1v) is 19.8. The largest absolute Gasteiger partial charge is 0.492 e. The van der Waals surface area contributed by atoms with Gasteiger partial charge in [-0.15, -0.1) is 12.6 Å². The van der Waals surface area contributed by atoms with E-state index in [9.17, 15) is 37.6 Å². The highest BCUT2D eigenvalue weighted by Crippen LogP contribution is 2.51. The molecule has 3 saturated heterocycles. The van der Waals surface area contributed by atoms with Crippen molar-refractivity contribution in [2.75, 3.05) is 66.3 Å². The number of imide groups is 1. The lowest BCUT2D eigenvalue weighted by atomic mass is 9.75.